The molecule has 1 aliphatic heterocycles. The van der Waals surface area contributed by atoms with Crippen LogP contribution in [0.5, 0.6) is 0 Å². The van der Waals surface area contributed by atoms with Crippen LogP contribution in [-0.4, -0.2) is 36.5 Å². The van der Waals surface area contributed by atoms with Gasteiger partial charge in [-0.25, -0.2) is 8.42 Å². The van der Waals surface area contributed by atoms with Gasteiger partial charge in [0.2, 0.25) is 10.0 Å². The van der Waals surface area contributed by atoms with Crippen LogP contribution in [0.25, 0.3) is 0 Å². The van der Waals surface area contributed by atoms with Crippen molar-refractivity contribution in [2.24, 2.45) is 0 Å². The lowest BCUT2D eigenvalue weighted by Gasteiger charge is -2.50. The molecule has 3 rings (SSSR count). The molecular weight excluding hydrogens is 324 g/mol. The van der Waals surface area contributed by atoms with E-state index in [2.05, 4.69) is 6.07 Å². The van der Waals surface area contributed by atoms with Crippen molar-refractivity contribution < 1.29 is 13.5 Å². The lowest BCUT2D eigenvalue weighted by atomic mass is 9.78. The number of nitrogens with zero attached hydrogens (tertiary/aromatic N) is 2. The summed E-state index contributed by atoms with van der Waals surface area (Å²) in [5, 5.41) is 19.3. The number of hydrogen-bond acceptors (Lipinski definition) is 4. The van der Waals surface area contributed by atoms with E-state index in [4.69, 9.17) is 0 Å². The third-order valence-corrected chi connectivity index (χ3v) is 6.58. The Bertz CT molecular complexity index is 875. The summed E-state index contributed by atoms with van der Waals surface area (Å²) in [5.74, 6) is -0.333. The summed E-state index contributed by atoms with van der Waals surface area (Å²) < 4.78 is 27.2. The van der Waals surface area contributed by atoms with E-state index in [1.54, 1.807) is 25.1 Å². The topological polar surface area (TPSA) is 81.4 Å². The fraction of sp³-hybridized carbons (Fsp3) is 0.278. The number of aliphatic hydroxyl groups excluding tert-OH is 1. The van der Waals surface area contributed by atoms with Crippen molar-refractivity contribution >= 4 is 10.0 Å². The second-order valence-corrected chi connectivity index (χ2v) is 7.67. The van der Waals surface area contributed by atoms with E-state index in [-0.39, 0.29) is 17.4 Å². The van der Waals surface area contributed by atoms with Crippen molar-refractivity contribution in [1.82, 2.24) is 4.31 Å². The number of rotatable bonds is 4. The number of nitriles is 1. The zero-order valence-corrected chi connectivity index (χ0v) is 14.0. The molecule has 6 heteroatoms. The van der Waals surface area contributed by atoms with Gasteiger partial charge in [-0.3, -0.25) is 0 Å². The molecule has 0 aromatic heterocycles. The molecule has 1 fully saturated rings. The third kappa shape index (κ3) is 2.51. The summed E-state index contributed by atoms with van der Waals surface area (Å²) in [6, 6.07) is 16.6. The molecule has 1 aliphatic rings. The van der Waals surface area contributed by atoms with Crippen LogP contribution in [0.3, 0.4) is 0 Å². The molecule has 0 radical (unpaired) electrons. The van der Waals surface area contributed by atoms with Crippen molar-refractivity contribution in [3.05, 3.63) is 65.7 Å². The number of hydrogen-bond donors (Lipinski definition) is 1. The molecule has 0 amide bonds. The zero-order chi connectivity index (χ0) is 17.3. The maximum atomic E-state index is 13.0. The van der Waals surface area contributed by atoms with E-state index in [9.17, 15) is 18.8 Å². The Balaban J connectivity index is 2.03. The lowest BCUT2D eigenvalue weighted by Crippen LogP contribution is -2.65. The van der Waals surface area contributed by atoms with E-state index in [1.807, 2.05) is 30.3 Å². The van der Waals surface area contributed by atoms with Crippen molar-refractivity contribution in [2.45, 2.75) is 29.8 Å². The number of sulfonamides is 1. The molecule has 2 aromatic carbocycles. The van der Waals surface area contributed by atoms with Gasteiger partial charge in [-0.05, 0) is 24.1 Å². The molecule has 1 heterocycles. The highest BCUT2D eigenvalue weighted by Crippen LogP contribution is 2.44. The molecule has 0 unspecified atom stereocenters. The summed E-state index contributed by atoms with van der Waals surface area (Å²) in [5.41, 5.74) is 1.48. The van der Waals surface area contributed by atoms with Gasteiger partial charge in [0.05, 0.1) is 23.6 Å². The van der Waals surface area contributed by atoms with Gasteiger partial charge in [-0.1, -0.05) is 48.5 Å². The summed E-state index contributed by atoms with van der Waals surface area (Å²) >= 11 is 0. The van der Waals surface area contributed by atoms with Gasteiger partial charge in [0.15, 0.2) is 0 Å². The fourth-order valence-electron chi connectivity index (χ4n) is 3.33. The molecule has 3 atom stereocenters. The van der Waals surface area contributed by atoms with Crippen molar-refractivity contribution in [3.63, 3.8) is 0 Å². The van der Waals surface area contributed by atoms with Gasteiger partial charge >= 0.3 is 0 Å². The van der Waals surface area contributed by atoms with E-state index in [0.717, 1.165) is 9.87 Å². The molecule has 0 spiro atoms. The summed E-state index contributed by atoms with van der Waals surface area (Å²) in [4.78, 5) is 0.176. The van der Waals surface area contributed by atoms with E-state index in [0.29, 0.717) is 5.56 Å². The average molecular weight is 342 g/mol. The minimum Gasteiger partial charge on any atom is -0.395 e. The minimum atomic E-state index is -3.85. The number of benzene rings is 2. The Kier molecular flexibility index (Phi) is 4.41. The molecule has 24 heavy (non-hydrogen) atoms. The van der Waals surface area contributed by atoms with Crippen molar-refractivity contribution in [1.29, 1.82) is 5.26 Å². The predicted octanol–water partition coefficient (Wildman–Crippen LogP) is 2.04. The highest BCUT2D eigenvalue weighted by molar-refractivity contribution is 7.89. The Morgan fingerprint density at radius 1 is 1.12 bits per heavy atom. The lowest BCUT2D eigenvalue weighted by molar-refractivity contribution is 0.0556. The van der Waals surface area contributed by atoms with Crippen molar-refractivity contribution in [3.8, 4) is 6.07 Å². The van der Waals surface area contributed by atoms with Crippen LogP contribution in [0.1, 0.15) is 17.0 Å². The number of aliphatic hydroxyl groups is 1. The zero-order valence-electron chi connectivity index (χ0n) is 13.2. The smallest absolute Gasteiger partial charge is 0.244 e. The second-order valence-electron chi connectivity index (χ2n) is 5.86. The molecule has 0 bridgehead atoms. The Hall–Kier alpha value is -2.20. The molecule has 2 aromatic rings. The van der Waals surface area contributed by atoms with Gasteiger partial charge in [0.25, 0.3) is 0 Å². The van der Waals surface area contributed by atoms with Crippen LogP contribution in [0.15, 0.2) is 59.5 Å². The largest absolute Gasteiger partial charge is 0.395 e. The molecule has 0 saturated carbocycles. The standard InChI is InChI=1S/C18H18N2O3S/c1-13-7-5-6-10-17(13)24(22,23)20-15(11-19)18(16(20)12-21)14-8-3-2-4-9-14/h2-10,15-16,18,21H,12H2,1H3/t15-,16+,18-/m1/s1. The third-order valence-electron chi connectivity index (χ3n) is 4.51. The summed E-state index contributed by atoms with van der Waals surface area (Å²) in [6.07, 6.45) is 0. The van der Waals surface area contributed by atoms with Gasteiger partial charge in [-0.15, -0.1) is 0 Å². The molecule has 1 N–H and O–H groups in total. The molecule has 1 saturated heterocycles. The highest BCUT2D eigenvalue weighted by Gasteiger charge is 2.55. The summed E-state index contributed by atoms with van der Waals surface area (Å²) in [7, 11) is -3.85. The second kappa shape index (κ2) is 6.36. The summed E-state index contributed by atoms with van der Waals surface area (Å²) in [6.45, 7) is 1.39. The van der Waals surface area contributed by atoms with Crippen molar-refractivity contribution in [2.75, 3.05) is 6.61 Å². The molecule has 5 nitrogen and oxygen atoms in total. The van der Waals surface area contributed by atoms with Gasteiger partial charge in [0.1, 0.15) is 6.04 Å². The normalized spacial score (nSPS) is 24.1. The molecular formula is C18H18N2O3S. The average Bonchev–Trinajstić information content (AvgIpc) is 2.55. The minimum absolute atomic E-state index is 0.176. The molecule has 124 valence electrons. The maximum absolute atomic E-state index is 13.0. The maximum Gasteiger partial charge on any atom is 0.244 e. The first-order valence-electron chi connectivity index (χ1n) is 7.67. The molecule has 0 aliphatic carbocycles. The monoisotopic (exact) mass is 342 g/mol. The number of aryl methyl sites for hydroxylation is 1. The Morgan fingerprint density at radius 3 is 2.33 bits per heavy atom. The van der Waals surface area contributed by atoms with Crippen LogP contribution < -0.4 is 0 Å². The van der Waals surface area contributed by atoms with E-state index in [1.165, 1.54) is 6.07 Å². The quantitative estimate of drug-likeness (QED) is 0.922. The SMILES string of the molecule is Cc1ccccc1S(=O)(=O)N1[C@H](C#N)[C@@H](c2ccccc2)[C@@H]1CO. The van der Waals surface area contributed by atoms with Crippen LogP contribution in [-0.2, 0) is 10.0 Å². The van der Waals surface area contributed by atoms with Gasteiger partial charge in [-0.2, -0.15) is 9.57 Å². The highest BCUT2D eigenvalue weighted by atomic mass is 32.2. The van der Waals surface area contributed by atoms with Gasteiger partial charge < -0.3 is 5.11 Å². The first-order chi connectivity index (χ1) is 11.5. The van der Waals surface area contributed by atoms with Crippen LogP contribution >= 0.6 is 0 Å². The van der Waals surface area contributed by atoms with Crippen LogP contribution in [0, 0.1) is 18.3 Å². The van der Waals surface area contributed by atoms with E-state index < -0.39 is 22.1 Å². The van der Waals surface area contributed by atoms with Crippen LogP contribution in [0.4, 0.5) is 0 Å². The first-order valence-corrected chi connectivity index (χ1v) is 9.11. The van der Waals surface area contributed by atoms with Gasteiger partial charge in [0, 0.05) is 5.92 Å². The fourth-order valence-corrected chi connectivity index (χ4v) is 5.31. The van der Waals surface area contributed by atoms with Crippen LogP contribution in [0.2, 0.25) is 0 Å². The van der Waals surface area contributed by atoms with E-state index >= 15 is 0 Å². The Morgan fingerprint density at radius 2 is 1.75 bits per heavy atom. The Labute approximate surface area is 141 Å². The predicted molar refractivity (Wildman–Crippen MR) is 89.7 cm³/mol. The first kappa shape index (κ1) is 16.7.